The van der Waals surface area contributed by atoms with Gasteiger partial charge < -0.3 is 26.2 Å². The topological polar surface area (TPSA) is 151 Å². The molecule has 0 aromatic heterocycles. The minimum absolute atomic E-state index is 0.0424. The van der Waals surface area contributed by atoms with Crippen molar-refractivity contribution >= 4 is 13.7 Å². The molecule has 6 N–H and O–H groups in total. The van der Waals surface area contributed by atoms with Crippen molar-refractivity contribution in [3.63, 3.8) is 0 Å². The summed E-state index contributed by atoms with van der Waals surface area (Å²) in [5.74, 6) is -0.461. The Balaban J connectivity index is 4.34. The maximum atomic E-state index is 12.8. The average Bonchev–Trinajstić information content (AvgIpc) is 3.09. The lowest BCUT2D eigenvalue weighted by Crippen LogP contribution is -2.46. The van der Waals surface area contributed by atoms with Crippen molar-refractivity contribution < 1.29 is 33.5 Å². The molecule has 0 aliphatic heterocycles. The van der Waals surface area contributed by atoms with Crippen LogP contribution in [-0.2, 0) is 18.4 Å². The van der Waals surface area contributed by atoms with Crippen LogP contribution in [0.4, 0.5) is 0 Å². The standard InChI is InChI=1S/C40H77N2O7P/c1-3-5-7-9-11-13-15-16-17-18-19-20-22-23-25-27-29-31-37(43)35-40(45)42-38(36-49-50(46,47)48-34-33-41)39(44)32-30-28-26-24-21-14-12-10-8-6-4-2/h8,10,21,24,30,32,37-39,43-44H,3-7,9,11-20,22-23,25-29,31,33-36,41H2,1-2H3,(H,42,45)(H,46,47)/b10-8+,24-21+,32-30+. The number of carbonyl (C=O) groups excluding carboxylic acids is 1. The van der Waals surface area contributed by atoms with Gasteiger partial charge >= 0.3 is 7.82 Å². The molecule has 0 bridgehead atoms. The second-order valence-corrected chi connectivity index (χ2v) is 15.1. The highest BCUT2D eigenvalue weighted by atomic mass is 31.2. The highest BCUT2D eigenvalue weighted by molar-refractivity contribution is 7.47. The van der Waals surface area contributed by atoms with Crippen LogP contribution in [0, 0.1) is 0 Å². The SMILES string of the molecule is CCC/C=C/CC/C=C/CC/C=C/C(O)C(COP(=O)(O)OCCN)NC(=O)CC(O)CCCCCCCCCCCCCCCCCCC. The van der Waals surface area contributed by atoms with Crippen LogP contribution in [0.3, 0.4) is 0 Å². The molecule has 0 saturated heterocycles. The van der Waals surface area contributed by atoms with Gasteiger partial charge in [-0.25, -0.2) is 4.57 Å². The maximum absolute atomic E-state index is 12.8. The zero-order valence-electron chi connectivity index (χ0n) is 32.0. The third kappa shape index (κ3) is 33.8. The second-order valence-electron chi connectivity index (χ2n) is 13.7. The zero-order valence-corrected chi connectivity index (χ0v) is 32.9. The number of hydrogen-bond donors (Lipinski definition) is 5. The Morgan fingerprint density at radius 2 is 1.14 bits per heavy atom. The molecule has 0 aliphatic carbocycles. The molecule has 0 aromatic carbocycles. The van der Waals surface area contributed by atoms with Crippen LogP contribution in [-0.4, -0.2) is 59.0 Å². The summed E-state index contributed by atoms with van der Waals surface area (Å²) in [5.41, 5.74) is 5.34. The van der Waals surface area contributed by atoms with Gasteiger partial charge in [-0.15, -0.1) is 0 Å². The van der Waals surface area contributed by atoms with Gasteiger partial charge in [0, 0.05) is 6.54 Å². The van der Waals surface area contributed by atoms with Gasteiger partial charge in [-0.05, 0) is 38.5 Å². The molecule has 0 rings (SSSR count). The molecule has 1 amide bonds. The fraction of sp³-hybridized carbons (Fsp3) is 0.825. The number of phosphoric acid groups is 1. The lowest BCUT2D eigenvalue weighted by molar-refractivity contribution is -0.124. The smallest absolute Gasteiger partial charge is 0.393 e. The van der Waals surface area contributed by atoms with E-state index in [-0.39, 0.29) is 19.6 Å². The summed E-state index contributed by atoms with van der Waals surface area (Å²) in [5, 5.41) is 23.9. The molecule has 50 heavy (non-hydrogen) atoms. The molecule has 0 heterocycles. The van der Waals surface area contributed by atoms with E-state index in [1.807, 2.05) is 6.08 Å². The van der Waals surface area contributed by atoms with E-state index in [1.54, 1.807) is 6.08 Å². The normalized spacial score (nSPS) is 15.2. The molecule has 0 aliphatic rings. The van der Waals surface area contributed by atoms with E-state index in [9.17, 15) is 24.5 Å². The summed E-state index contributed by atoms with van der Waals surface area (Å²) in [6.45, 7) is 3.86. The third-order valence-electron chi connectivity index (χ3n) is 8.73. The number of aliphatic hydroxyl groups is 2. The Bertz CT molecular complexity index is 899. The summed E-state index contributed by atoms with van der Waals surface area (Å²) in [4.78, 5) is 22.7. The Morgan fingerprint density at radius 1 is 0.680 bits per heavy atom. The van der Waals surface area contributed by atoms with Gasteiger partial charge in [0.25, 0.3) is 0 Å². The van der Waals surface area contributed by atoms with Crippen LogP contribution in [0.1, 0.15) is 174 Å². The summed E-state index contributed by atoms with van der Waals surface area (Å²) in [6.07, 6.45) is 38.1. The molecule has 0 saturated carbocycles. The number of carbonyl (C=O) groups is 1. The minimum atomic E-state index is -4.40. The van der Waals surface area contributed by atoms with Crippen LogP contribution in [0.15, 0.2) is 36.5 Å². The number of rotatable bonds is 37. The number of aliphatic hydroxyl groups excluding tert-OH is 2. The molecule has 9 nitrogen and oxygen atoms in total. The van der Waals surface area contributed by atoms with Crippen LogP contribution >= 0.6 is 7.82 Å². The molecule has 10 heteroatoms. The quantitative estimate of drug-likeness (QED) is 0.0241. The van der Waals surface area contributed by atoms with E-state index < -0.39 is 38.6 Å². The van der Waals surface area contributed by atoms with Crippen molar-refractivity contribution in [1.82, 2.24) is 5.32 Å². The van der Waals surface area contributed by atoms with Crippen molar-refractivity contribution in [3.05, 3.63) is 36.5 Å². The van der Waals surface area contributed by atoms with Gasteiger partial charge in [-0.3, -0.25) is 13.8 Å². The molecule has 0 fully saturated rings. The highest BCUT2D eigenvalue weighted by Gasteiger charge is 2.27. The van der Waals surface area contributed by atoms with Crippen LogP contribution in [0.2, 0.25) is 0 Å². The molecule has 4 unspecified atom stereocenters. The minimum Gasteiger partial charge on any atom is -0.393 e. The van der Waals surface area contributed by atoms with Gasteiger partial charge in [0.05, 0.1) is 37.9 Å². The van der Waals surface area contributed by atoms with Crippen molar-refractivity contribution in [2.75, 3.05) is 19.8 Å². The van der Waals surface area contributed by atoms with Crippen LogP contribution < -0.4 is 11.1 Å². The van der Waals surface area contributed by atoms with Crippen molar-refractivity contribution in [2.24, 2.45) is 5.73 Å². The number of hydrogen-bond acceptors (Lipinski definition) is 7. The fourth-order valence-corrected chi connectivity index (χ4v) is 6.44. The van der Waals surface area contributed by atoms with Crippen LogP contribution in [0.5, 0.6) is 0 Å². The first-order valence-electron chi connectivity index (χ1n) is 20.2. The van der Waals surface area contributed by atoms with Crippen molar-refractivity contribution in [2.45, 2.75) is 193 Å². The number of unbranched alkanes of at least 4 members (excludes halogenated alkanes) is 19. The Kier molecular flexibility index (Phi) is 35.1. The number of nitrogens with one attached hydrogen (secondary N) is 1. The first kappa shape index (κ1) is 48.7. The van der Waals surface area contributed by atoms with Crippen molar-refractivity contribution in [1.29, 1.82) is 0 Å². The Hall–Kier alpha value is -1.32. The first-order valence-corrected chi connectivity index (χ1v) is 21.7. The third-order valence-corrected chi connectivity index (χ3v) is 9.72. The van der Waals surface area contributed by atoms with E-state index >= 15 is 0 Å². The molecule has 4 atom stereocenters. The number of phosphoric ester groups is 1. The maximum Gasteiger partial charge on any atom is 0.472 e. The van der Waals surface area contributed by atoms with E-state index in [0.29, 0.717) is 12.8 Å². The molecule has 0 radical (unpaired) electrons. The summed E-state index contributed by atoms with van der Waals surface area (Å²) in [6, 6.07) is -1.00. The summed E-state index contributed by atoms with van der Waals surface area (Å²) in [7, 11) is -4.40. The van der Waals surface area contributed by atoms with Gasteiger partial charge in [-0.2, -0.15) is 0 Å². The van der Waals surface area contributed by atoms with Gasteiger partial charge in [0.2, 0.25) is 5.91 Å². The number of allylic oxidation sites excluding steroid dienone is 5. The second kappa shape index (κ2) is 36.1. The molecular weight excluding hydrogens is 651 g/mol. The van der Waals surface area contributed by atoms with Gasteiger partial charge in [0.1, 0.15) is 0 Å². The molecular formula is C40H77N2O7P. The Labute approximate surface area is 306 Å². The summed E-state index contributed by atoms with van der Waals surface area (Å²) < 4.78 is 22.0. The first-order chi connectivity index (χ1) is 24.3. The van der Waals surface area contributed by atoms with E-state index in [4.69, 9.17) is 14.8 Å². The lowest BCUT2D eigenvalue weighted by Gasteiger charge is -2.24. The number of nitrogens with two attached hydrogens (primary N) is 1. The van der Waals surface area contributed by atoms with Gasteiger partial charge in [0.15, 0.2) is 0 Å². The van der Waals surface area contributed by atoms with E-state index in [2.05, 4.69) is 43.5 Å². The Morgan fingerprint density at radius 3 is 1.62 bits per heavy atom. The molecule has 294 valence electrons. The average molecular weight is 729 g/mol. The lowest BCUT2D eigenvalue weighted by atomic mass is 10.0. The van der Waals surface area contributed by atoms with E-state index in [0.717, 1.165) is 51.4 Å². The van der Waals surface area contributed by atoms with E-state index in [1.165, 1.54) is 89.9 Å². The fourth-order valence-electron chi connectivity index (χ4n) is 5.68. The highest BCUT2D eigenvalue weighted by Crippen LogP contribution is 2.43. The van der Waals surface area contributed by atoms with Crippen molar-refractivity contribution in [3.8, 4) is 0 Å². The molecule has 0 spiro atoms. The number of amides is 1. The monoisotopic (exact) mass is 729 g/mol. The predicted octanol–water partition coefficient (Wildman–Crippen LogP) is 9.75. The predicted molar refractivity (Wildman–Crippen MR) is 209 cm³/mol. The molecule has 0 aromatic rings. The van der Waals surface area contributed by atoms with Gasteiger partial charge in [-0.1, -0.05) is 166 Å². The zero-order chi connectivity index (χ0) is 37.0. The summed E-state index contributed by atoms with van der Waals surface area (Å²) >= 11 is 0. The largest absolute Gasteiger partial charge is 0.472 e. The van der Waals surface area contributed by atoms with Crippen LogP contribution in [0.25, 0.3) is 0 Å².